The highest BCUT2D eigenvalue weighted by Gasteiger charge is 2.19. The van der Waals surface area contributed by atoms with Crippen LogP contribution in [-0.2, 0) is 13.0 Å². The molecule has 0 radical (unpaired) electrons. The number of hydrogen-bond donors (Lipinski definition) is 1. The van der Waals surface area contributed by atoms with E-state index in [1.807, 2.05) is 30.3 Å². The van der Waals surface area contributed by atoms with Gasteiger partial charge in [-0.2, -0.15) is 0 Å². The minimum atomic E-state index is 0.237. The van der Waals surface area contributed by atoms with Crippen LogP contribution in [0.15, 0.2) is 42.6 Å². The lowest BCUT2D eigenvalue weighted by Gasteiger charge is -2.21. The first-order valence-electron chi connectivity index (χ1n) is 7.46. The molecule has 0 saturated carbocycles. The van der Waals surface area contributed by atoms with Crippen LogP contribution in [0.3, 0.4) is 0 Å². The standard InChI is InChI=1S/C17H22N2O/c18-16-8-4-9-17-15(16)10-12-19(17)11-5-13-20-14-6-2-1-3-7-14/h1-3,6-7,10,12,16H,4-5,8-9,11,13,18H2. The monoisotopic (exact) mass is 270 g/mol. The summed E-state index contributed by atoms with van der Waals surface area (Å²) in [5.74, 6) is 0.948. The van der Waals surface area contributed by atoms with Crippen LogP contribution < -0.4 is 10.5 Å². The first-order chi connectivity index (χ1) is 9.84. The summed E-state index contributed by atoms with van der Waals surface area (Å²) in [5, 5.41) is 0. The Morgan fingerprint density at radius 1 is 1.20 bits per heavy atom. The van der Waals surface area contributed by atoms with Gasteiger partial charge in [-0.1, -0.05) is 18.2 Å². The van der Waals surface area contributed by atoms with Crippen molar-refractivity contribution in [1.82, 2.24) is 4.57 Å². The summed E-state index contributed by atoms with van der Waals surface area (Å²) in [6.45, 7) is 1.76. The molecule has 0 saturated heterocycles. The van der Waals surface area contributed by atoms with Crippen molar-refractivity contribution in [2.24, 2.45) is 5.73 Å². The zero-order valence-corrected chi connectivity index (χ0v) is 11.8. The number of aromatic nitrogens is 1. The highest BCUT2D eigenvalue weighted by atomic mass is 16.5. The second-order valence-electron chi connectivity index (χ2n) is 5.42. The Labute approximate surface area is 120 Å². The predicted molar refractivity (Wildman–Crippen MR) is 80.9 cm³/mol. The number of para-hydroxylation sites is 1. The first-order valence-corrected chi connectivity index (χ1v) is 7.46. The quantitative estimate of drug-likeness (QED) is 0.847. The van der Waals surface area contributed by atoms with Crippen molar-refractivity contribution in [2.45, 2.75) is 38.3 Å². The molecule has 1 heterocycles. The van der Waals surface area contributed by atoms with Crippen LogP contribution in [0.4, 0.5) is 0 Å². The van der Waals surface area contributed by atoms with Gasteiger partial charge in [0.1, 0.15) is 5.75 Å². The maximum absolute atomic E-state index is 6.15. The predicted octanol–water partition coefficient (Wildman–Crippen LogP) is 3.29. The van der Waals surface area contributed by atoms with Gasteiger partial charge in [0.05, 0.1) is 6.61 Å². The second-order valence-corrected chi connectivity index (χ2v) is 5.42. The van der Waals surface area contributed by atoms with Gasteiger partial charge in [-0.3, -0.25) is 0 Å². The minimum absolute atomic E-state index is 0.237. The zero-order chi connectivity index (χ0) is 13.8. The van der Waals surface area contributed by atoms with Crippen molar-refractivity contribution < 1.29 is 4.74 Å². The van der Waals surface area contributed by atoms with Crippen molar-refractivity contribution in [3.05, 3.63) is 53.9 Å². The molecule has 0 aliphatic heterocycles. The average Bonchev–Trinajstić information content (AvgIpc) is 2.90. The lowest BCUT2D eigenvalue weighted by molar-refractivity contribution is 0.300. The molecule has 2 N–H and O–H groups in total. The van der Waals surface area contributed by atoms with Crippen LogP contribution >= 0.6 is 0 Å². The van der Waals surface area contributed by atoms with E-state index in [-0.39, 0.29) is 6.04 Å². The van der Waals surface area contributed by atoms with Gasteiger partial charge in [0.2, 0.25) is 0 Å². The molecule has 3 heteroatoms. The molecule has 1 unspecified atom stereocenters. The van der Waals surface area contributed by atoms with E-state index in [1.165, 1.54) is 17.7 Å². The van der Waals surface area contributed by atoms with Crippen molar-refractivity contribution >= 4 is 0 Å². The third kappa shape index (κ3) is 2.88. The Balaban J connectivity index is 1.52. The Hall–Kier alpha value is -1.74. The van der Waals surface area contributed by atoms with Gasteiger partial charge in [-0.05, 0) is 49.4 Å². The molecule has 2 aromatic rings. The van der Waals surface area contributed by atoms with Crippen molar-refractivity contribution in [2.75, 3.05) is 6.61 Å². The minimum Gasteiger partial charge on any atom is -0.494 e. The number of rotatable bonds is 5. The molecular formula is C17H22N2O. The summed E-state index contributed by atoms with van der Waals surface area (Å²) in [6, 6.07) is 12.4. The normalized spacial score (nSPS) is 17.8. The van der Waals surface area contributed by atoms with Gasteiger partial charge in [-0.25, -0.2) is 0 Å². The van der Waals surface area contributed by atoms with Crippen LogP contribution in [0, 0.1) is 0 Å². The third-order valence-corrected chi connectivity index (χ3v) is 4.00. The molecule has 1 aromatic carbocycles. The zero-order valence-electron chi connectivity index (χ0n) is 11.8. The van der Waals surface area contributed by atoms with E-state index in [9.17, 15) is 0 Å². The highest BCUT2D eigenvalue weighted by molar-refractivity contribution is 5.28. The average molecular weight is 270 g/mol. The van der Waals surface area contributed by atoms with E-state index in [0.29, 0.717) is 0 Å². The molecule has 3 nitrogen and oxygen atoms in total. The van der Waals surface area contributed by atoms with Gasteiger partial charge in [0.25, 0.3) is 0 Å². The summed E-state index contributed by atoms with van der Waals surface area (Å²) in [5.41, 5.74) is 8.93. The number of nitrogens with zero attached hydrogens (tertiary/aromatic N) is 1. The molecular weight excluding hydrogens is 248 g/mol. The fourth-order valence-corrected chi connectivity index (χ4v) is 2.94. The molecule has 20 heavy (non-hydrogen) atoms. The van der Waals surface area contributed by atoms with Gasteiger partial charge < -0.3 is 15.0 Å². The van der Waals surface area contributed by atoms with Crippen LogP contribution in [0.5, 0.6) is 5.75 Å². The molecule has 106 valence electrons. The van der Waals surface area contributed by atoms with E-state index < -0.39 is 0 Å². The summed E-state index contributed by atoms with van der Waals surface area (Å²) in [4.78, 5) is 0. The van der Waals surface area contributed by atoms with Gasteiger partial charge in [0.15, 0.2) is 0 Å². The van der Waals surface area contributed by atoms with E-state index >= 15 is 0 Å². The fourth-order valence-electron chi connectivity index (χ4n) is 2.94. The molecule has 1 aromatic heterocycles. The summed E-state index contributed by atoms with van der Waals surface area (Å²) < 4.78 is 8.08. The SMILES string of the molecule is NC1CCCc2c1ccn2CCCOc1ccccc1. The Morgan fingerprint density at radius 3 is 2.90 bits per heavy atom. The number of aryl methyl sites for hydroxylation is 1. The van der Waals surface area contributed by atoms with Gasteiger partial charge in [-0.15, -0.1) is 0 Å². The fraction of sp³-hybridized carbons (Fsp3) is 0.412. The maximum atomic E-state index is 6.15. The van der Waals surface area contributed by atoms with Crippen LogP contribution in [0.2, 0.25) is 0 Å². The molecule has 1 atom stereocenters. The summed E-state index contributed by atoms with van der Waals surface area (Å²) >= 11 is 0. The third-order valence-electron chi connectivity index (χ3n) is 4.00. The first kappa shape index (κ1) is 13.3. The van der Waals surface area contributed by atoms with E-state index in [1.54, 1.807) is 0 Å². The molecule has 3 rings (SSSR count). The van der Waals surface area contributed by atoms with Crippen LogP contribution in [-0.4, -0.2) is 11.2 Å². The van der Waals surface area contributed by atoms with Gasteiger partial charge >= 0.3 is 0 Å². The number of ether oxygens (including phenoxy) is 1. The van der Waals surface area contributed by atoms with Gasteiger partial charge in [0, 0.05) is 24.5 Å². The highest BCUT2D eigenvalue weighted by Crippen LogP contribution is 2.28. The molecule has 0 amide bonds. The van der Waals surface area contributed by atoms with Crippen molar-refractivity contribution in [3.63, 3.8) is 0 Å². The Morgan fingerprint density at radius 2 is 2.05 bits per heavy atom. The second kappa shape index (κ2) is 6.14. The topological polar surface area (TPSA) is 40.2 Å². The van der Waals surface area contributed by atoms with E-state index in [2.05, 4.69) is 16.8 Å². The van der Waals surface area contributed by atoms with E-state index in [0.717, 1.165) is 38.2 Å². The van der Waals surface area contributed by atoms with E-state index in [4.69, 9.17) is 10.5 Å². The Bertz CT molecular complexity index is 547. The molecule has 0 bridgehead atoms. The maximum Gasteiger partial charge on any atom is 0.119 e. The number of fused-ring (bicyclic) bond motifs is 1. The van der Waals surface area contributed by atoms with Crippen molar-refractivity contribution in [3.8, 4) is 5.75 Å². The largest absolute Gasteiger partial charge is 0.494 e. The number of nitrogens with two attached hydrogens (primary N) is 1. The lowest BCUT2D eigenvalue weighted by Crippen LogP contribution is -2.18. The van der Waals surface area contributed by atoms with Crippen molar-refractivity contribution in [1.29, 1.82) is 0 Å². The molecule has 1 aliphatic rings. The van der Waals surface area contributed by atoms with Crippen LogP contribution in [0.1, 0.15) is 36.6 Å². The molecule has 0 spiro atoms. The number of hydrogen-bond acceptors (Lipinski definition) is 2. The number of benzene rings is 1. The summed E-state index contributed by atoms with van der Waals surface area (Å²) in [7, 11) is 0. The molecule has 1 aliphatic carbocycles. The Kier molecular flexibility index (Phi) is 4.07. The smallest absolute Gasteiger partial charge is 0.119 e. The molecule has 0 fully saturated rings. The van der Waals surface area contributed by atoms with Crippen LogP contribution in [0.25, 0.3) is 0 Å². The lowest BCUT2D eigenvalue weighted by atomic mass is 9.94. The summed E-state index contributed by atoms with van der Waals surface area (Å²) in [6.07, 6.45) is 6.69.